The second-order valence-electron chi connectivity index (χ2n) is 9.02. The first-order valence-electron chi connectivity index (χ1n) is 11.4. The lowest BCUT2D eigenvalue weighted by molar-refractivity contribution is 0.119. The van der Waals surface area contributed by atoms with Crippen molar-refractivity contribution < 1.29 is 9.47 Å². The Hall–Kier alpha value is -1.99. The average molecular weight is 524 g/mol. The minimum absolute atomic E-state index is 0. The molecule has 2 aliphatic rings. The number of fused-ring (bicyclic) bond motifs is 3. The number of hydrogen-bond acceptors (Lipinski definition) is 6. The minimum Gasteiger partial charge on any atom is -0.493 e. The topological polar surface area (TPSA) is 59.5 Å². The van der Waals surface area contributed by atoms with Gasteiger partial charge in [0.15, 0.2) is 11.5 Å². The number of nitrogens with zero attached hydrogens (tertiary/aromatic N) is 3. The lowest BCUT2D eigenvalue weighted by Gasteiger charge is -2.36. The molecular formula is C25H29Cl3N4O2. The molecule has 2 fully saturated rings. The molecule has 1 aromatic heterocycles. The highest BCUT2D eigenvalue weighted by Crippen LogP contribution is 2.39. The van der Waals surface area contributed by atoms with Gasteiger partial charge in [0.25, 0.3) is 0 Å². The third-order valence-corrected chi connectivity index (χ3v) is 7.82. The molecule has 2 unspecified atom stereocenters. The molecule has 5 rings (SSSR count). The van der Waals surface area contributed by atoms with Crippen molar-refractivity contribution in [1.29, 1.82) is 0 Å². The Morgan fingerprint density at radius 1 is 1.03 bits per heavy atom. The second-order valence-corrected chi connectivity index (χ2v) is 9.84. The zero-order valence-corrected chi connectivity index (χ0v) is 21.6. The predicted molar refractivity (Wildman–Crippen MR) is 140 cm³/mol. The van der Waals surface area contributed by atoms with Crippen LogP contribution in [0.15, 0.2) is 36.7 Å². The predicted octanol–water partition coefficient (Wildman–Crippen LogP) is 6.75. The Kier molecular flexibility index (Phi) is 7.93. The smallest absolute Gasteiger partial charge is 0.163 e. The molecule has 2 bridgehead atoms. The van der Waals surface area contributed by atoms with Gasteiger partial charge in [-0.25, -0.2) is 9.97 Å². The second kappa shape index (κ2) is 10.7. The fourth-order valence-corrected chi connectivity index (χ4v) is 5.54. The molecule has 182 valence electrons. The van der Waals surface area contributed by atoms with Crippen LogP contribution in [0.1, 0.15) is 32.1 Å². The van der Waals surface area contributed by atoms with Crippen molar-refractivity contribution in [2.75, 3.05) is 26.1 Å². The van der Waals surface area contributed by atoms with Crippen LogP contribution in [0.25, 0.3) is 10.9 Å². The lowest BCUT2D eigenvalue weighted by atomic mass is 9.89. The minimum atomic E-state index is 0. The summed E-state index contributed by atoms with van der Waals surface area (Å²) in [7, 11) is 3.93. The summed E-state index contributed by atoms with van der Waals surface area (Å²) in [5.74, 6) is 2.76. The number of anilines is 2. The number of ether oxygens (including phenoxy) is 2. The third kappa shape index (κ3) is 5.15. The van der Waals surface area contributed by atoms with Gasteiger partial charge in [-0.15, -0.1) is 12.4 Å². The van der Waals surface area contributed by atoms with Crippen LogP contribution >= 0.6 is 35.6 Å². The van der Waals surface area contributed by atoms with E-state index in [4.69, 9.17) is 32.7 Å². The van der Waals surface area contributed by atoms with Crippen molar-refractivity contribution in [3.63, 3.8) is 0 Å². The van der Waals surface area contributed by atoms with Gasteiger partial charge in [-0.3, -0.25) is 0 Å². The van der Waals surface area contributed by atoms with E-state index >= 15 is 0 Å². The highest BCUT2D eigenvalue weighted by Gasteiger charge is 2.38. The van der Waals surface area contributed by atoms with E-state index in [0.29, 0.717) is 34.0 Å². The van der Waals surface area contributed by atoms with Crippen molar-refractivity contribution in [2.45, 2.75) is 44.2 Å². The van der Waals surface area contributed by atoms with Crippen LogP contribution in [-0.4, -0.2) is 47.7 Å². The van der Waals surface area contributed by atoms with Crippen molar-refractivity contribution in [3.05, 3.63) is 46.7 Å². The molecule has 6 nitrogen and oxygen atoms in total. The van der Waals surface area contributed by atoms with Gasteiger partial charge in [0.1, 0.15) is 12.1 Å². The first-order chi connectivity index (χ1) is 16.0. The number of methoxy groups -OCH3 is 1. The number of piperidine rings is 1. The quantitative estimate of drug-likeness (QED) is 0.369. The Morgan fingerprint density at radius 2 is 1.79 bits per heavy atom. The molecule has 3 aromatic rings. The van der Waals surface area contributed by atoms with E-state index in [9.17, 15) is 0 Å². The van der Waals surface area contributed by atoms with Crippen LogP contribution in [0.5, 0.6) is 11.5 Å². The molecule has 34 heavy (non-hydrogen) atoms. The number of benzene rings is 2. The first-order valence-corrected chi connectivity index (χ1v) is 12.2. The molecule has 2 aromatic carbocycles. The van der Waals surface area contributed by atoms with Gasteiger partial charge in [-0.2, -0.15) is 0 Å². The van der Waals surface area contributed by atoms with Gasteiger partial charge < -0.3 is 19.7 Å². The van der Waals surface area contributed by atoms with Crippen LogP contribution in [0.4, 0.5) is 11.5 Å². The Labute approximate surface area is 216 Å². The van der Waals surface area contributed by atoms with Crippen molar-refractivity contribution in [1.82, 2.24) is 14.9 Å². The number of hydrogen-bond donors (Lipinski definition) is 1. The summed E-state index contributed by atoms with van der Waals surface area (Å²) in [5.41, 5.74) is 1.57. The van der Waals surface area contributed by atoms with E-state index in [0.717, 1.165) is 41.0 Å². The molecule has 0 radical (unpaired) electrons. The van der Waals surface area contributed by atoms with Crippen LogP contribution in [0.2, 0.25) is 10.0 Å². The summed E-state index contributed by atoms with van der Waals surface area (Å²) in [6.45, 7) is 0.676. The van der Waals surface area contributed by atoms with Crippen LogP contribution in [0.3, 0.4) is 0 Å². The molecule has 2 atom stereocenters. The van der Waals surface area contributed by atoms with Crippen LogP contribution in [0, 0.1) is 5.92 Å². The van der Waals surface area contributed by atoms with Gasteiger partial charge in [0, 0.05) is 29.2 Å². The molecule has 2 aliphatic heterocycles. The summed E-state index contributed by atoms with van der Waals surface area (Å²) < 4.78 is 11.8. The van der Waals surface area contributed by atoms with Crippen molar-refractivity contribution >= 4 is 58.0 Å². The van der Waals surface area contributed by atoms with Gasteiger partial charge in [-0.1, -0.05) is 23.2 Å². The third-order valence-electron chi connectivity index (χ3n) is 7.08. The molecule has 0 spiro atoms. The Balaban J connectivity index is 0.00000274. The van der Waals surface area contributed by atoms with Crippen LogP contribution < -0.4 is 14.8 Å². The Morgan fingerprint density at radius 3 is 2.50 bits per heavy atom. The number of aromatic nitrogens is 2. The Bertz CT molecular complexity index is 1150. The first kappa shape index (κ1) is 25.1. The summed E-state index contributed by atoms with van der Waals surface area (Å²) in [5, 5.41) is 5.11. The maximum Gasteiger partial charge on any atom is 0.163 e. The van der Waals surface area contributed by atoms with Gasteiger partial charge in [0.05, 0.1) is 29.3 Å². The van der Waals surface area contributed by atoms with Crippen LogP contribution in [-0.2, 0) is 0 Å². The zero-order valence-electron chi connectivity index (χ0n) is 19.3. The largest absolute Gasteiger partial charge is 0.493 e. The molecule has 0 saturated carbocycles. The molecule has 0 amide bonds. The van der Waals surface area contributed by atoms with E-state index < -0.39 is 0 Å². The molecule has 2 saturated heterocycles. The molecule has 9 heteroatoms. The summed E-state index contributed by atoms with van der Waals surface area (Å²) in [4.78, 5) is 11.4. The summed E-state index contributed by atoms with van der Waals surface area (Å²) >= 11 is 12.2. The van der Waals surface area contributed by atoms with E-state index in [2.05, 4.69) is 27.2 Å². The molecule has 0 aliphatic carbocycles. The van der Waals surface area contributed by atoms with Gasteiger partial charge >= 0.3 is 0 Å². The fraction of sp³-hybridized carbons (Fsp3) is 0.440. The van der Waals surface area contributed by atoms with E-state index in [1.54, 1.807) is 19.2 Å². The van der Waals surface area contributed by atoms with E-state index in [1.165, 1.54) is 32.0 Å². The maximum atomic E-state index is 6.19. The van der Waals surface area contributed by atoms with E-state index in [-0.39, 0.29) is 12.4 Å². The zero-order chi connectivity index (χ0) is 22.9. The van der Waals surface area contributed by atoms with Crippen molar-refractivity contribution in [3.8, 4) is 11.5 Å². The molecule has 3 heterocycles. The summed E-state index contributed by atoms with van der Waals surface area (Å²) in [6, 6.07) is 10.7. The van der Waals surface area contributed by atoms with Gasteiger partial charge in [0.2, 0.25) is 0 Å². The molecule has 1 N–H and O–H groups in total. The molecular weight excluding hydrogens is 495 g/mol. The van der Waals surface area contributed by atoms with Crippen molar-refractivity contribution in [2.24, 2.45) is 5.92 Å². The number of halogens is 3. The van der Waals surface area contributed by atoms with E-state index in [1.807, 2.05) is 18.2 Å². The average Bonchev–Trinajstić information content (AvgIpc) is 3.01. The lowest BCUT2D eigenvalue weighted by Crippen LogP contribution is -2.40. The monoisotopic (exact) mass is 522 g/mol. The number of nitrogens with one attached hydrogen (secondary N) is 1. The highest BCUT2D eigenvalue weighted by molar-refractivity contribution is 6.42. The summed E-state index contributed by atoms with van der Waals surface area (Å²) in [6.07, 6.45) is 7.84. The maximum absolute atomic E-state index is 6.19. The standard InChI is InChI=1S/C25H28Cl2N4O2.ClH/c1-31-17-4-5-18(31)10-15(9-17)7-8-33-24-13-22-19(12-23(24)32-2)25(29-14-28-22)30-16-3-6-20(26)21(27)11-16;/h3,6,11-15,17-18H,4-5,7-10H2,1-2H3,(H,28,29,30);1H. The SMILES string of the molecule is COc1cc2c(Nc3ccc(Cl)c(Cl)c3)ncnc2cc1OCCC1CC2CCC(C1)N2C.Cl. The fourth-order valence-electron chi connectivity index (χ4n) is 5.24. The normalized spacial score (nSPS) is 21.8. The highest BCUT2D eigenvalue weighted by atomic mass is 35.5. The van der Waals surface area contributed by atoms with Gasteiger partial charge in [-0.05, 0) is 69.3 Å². The number of rotatable bonds is 7.